The lowest BCUT2D eigenvalue weighted by molar-refractivity contribution is 0.239. The highest BCUT2D eigenvalue weighted by atomic mass is 32.1. The van der Waals surface area contributed by atoms with Crippen molar-refractivity contribution in [3.05, 3.63) is 29.8 Å². The van der Waals surface area contributed by atoms with Crippen LogP contribution < -0.4 is 5.32 Å². The van der Waals surface area contributed by atoms with Crippen LogP contribution in [0.3, 0.4) is 0 Å². The molecule has 0 saturated heterocycles. The molecule has 0 spiro atoms. The maximum atomic E-state index is 11.6. The molecule has 0 fully saturated rings. The fourth-order valence-corrected chi connectivity index (χ4v) is 1.46. The van der Waals surface area contributed by atoms with E-state index in [-0.39, 0.29) is 6.03 Å². The maximum absolute atomic E-state index is 11.6. The van der Waals surface area contributed by atoms with Crippen molar-refractivity contribution in [3.8, 4) is 0 Å². The zero-order valence-electron chi connectivity index (χ0n) is 9.03. The van der Waals surface area contributed by atoms with Gasteiger partial charge in [0.25, 0.3) is 0 Å². The smallest absolute Gasteiger partial charge is 0.307 e. The summed E-state index contributed by atoms with van der Waals surface area (Å²) in [7, 11) is 0. The van der Waals surface area contributed by atoms with Crippen LogP contribution in [0.15, 0.2) is 24.3 Å². The number of aryl methyl sites for hydroxylation is 1. The quantitative estimate of drug-likeness (QED) is 0.760. The number of benzene rings is 1. The van der Waals surface area contributed by atoms with Crippen LogP contribution in [0.2, 0.25) is 0 Å². The van der Waals surface area contributed by atoms with Crippen molar-refractivity contribution < 1.29 is 4.79 Å². The number of nitrogens with zero attached hydrogens (tertiary/aromatic N) is 1. The third-order valence-corrected chi connectivity index (χ3v) is 2.44. The molecule has 1 aromatic carbocycles. The molecule has 0 saturated carbocycles. The Kier molecular flexibility index (Phi) is 4.49. The number of carbonyl (C=O) groups is 1. The second kappa shape index (κ2) is 5.66. The van der Waals surface area contributed by atoms with Crippen LogP contribution in [0.4, 0.5) is 10.5 Å². The molecule has 2 amide bonds. The molecule has 3 nitrogen and oxygen atoms in total. The first kappa shape index (κ1) is 11.9. The van der Waals surface area contributed by atoms with E-state index >= 15 is 0 Å². The molecule has 0 bridgehead atoms. The van der Waals surface area contributed by atoms with Gasteiger partial charge in [0.2, 0.25) is 0 Å². The van der Waals surface area contributed by atoms with Crippen LogP contribution in [-0.2, 0) is 0 Å². The normalized spacial score (nSPS) is 9.80. The van der Waals surface area contributed by atoms with Gasteiger partial charge in [0.1, 0.15) is 0 Å². The zero-order chi connectivity index (χ0) is 11.3. The Hall–Kier alpha value is -1.16. The van der Waals surface area contributed by atoms with Crippen molar-refractivity contribution in [2.24, 2.45) is 0 Å². The van der Waals surface area contributed by atoms with Gasteiger partial charge >= 0.3 is 6.03 Å². The van der Waals surface area contributed by atoms with Gasteiger partial charge in [-0.05, 0) is 25.0 Å². The van der Waals surface area contributed by atoms with Crippen molar-refractivity contribution in [1.29, 1.82) is 0 Å². The number of anilines is 1. The van der Waals surface area contributed by atoms with Crippen LogP contribution in [-0.4, -0.2) is 16.9 Å². The van der Waals surface area contributed by atoms with Gasteiger partial charge < -0.3 is 5.32 Å². The molecule has 0 radical (unpaired) electrons. The largest absolute Gasteiger partial charge is 0.331 e. The summed E-state index contributed by atoms with van der Waals surface area (Å²) in [6.07, 6.45) is 0.894. The van der Waals surface area contributed by atoms with Gasteiger partial charge in [0, 0.05) is 12.2 Å². The summed E-state index contributed by atoms with van der Waals surface area (Å²) < 4.78 is 1.38. The highest BCUT2D eigenvalue weighted by Crippen LogP contribution is 2.14. The average molecular weight is 224 g/mol. The zero-order valence-corrected chi connectivity index (χ0v) is 9.92. The van der Waals surface area contributed by atoms with Gasteiger partial charge in [-0.3, -0.25) is 4.31 Å². The monoisotopic (exact) mass is 224 g/mol. The third-order valence-electron chi connectivity index (χ3n) is 2.06. The molecule has 0 aliphatic heterocycles. The summed E-state index contributed by atoms with van der Waals surface area (Å²) in [5, 5.41) is 2.81. The predicted molar refractivity (Wildman–Crippen MR) is 66.2 cm³/mol. The summed E-state index contributed by atoms with van der Waals surface area (Å²) >= 11 is 4.09. The van der Waals surface area contributed by atoms with E-state index in [1.54, 1.807) is 0 Å². The van der Waals surface area contributed by atoms with Crippen LogP contribution in [0, 0.1) is 6.92 Å². The lowest BCUT2D eigenvalue weighted by atomic mass is 10.2. The minimum atomic E-state index is -0.186. The molecule has 0 aromatic heterocycles. The number of thiol groups is 1. The van der Waals surface area contributed by atoms with Crippen LogP contribution >= 0.6 is 12.8 Å². The third kappa shape index (κ3) is 3.47. The van der Waals surface area contributed by atoms with Crippen molar-refractivity contribution in [2.45, 2.75) is 20.3 Å². The van der Waals surface area contributed by atoms with E-state index in [0.717, 1.165) is 17.7 Å². The Labute approximate surface area is 96.0 Å². The molecule has 0 unspecified atom stereocenters. The van der Waals surface area contributed by atoms with E-state index in [1.165, 1.54) is 4.31 Å². The van der Waals surface area contributed by atoms with Gasteiger partial charge in [0.05, 0.1) is 0 Å². The molecule has 0 aliphatic rings. The van der Waals surface area contributed by atoms with E-state index in [1.807, 2.05) is 38.1 Å². The predicted octanol–water partition coefficient (Wildman–Crippen LogP) is 3.08. The summed E-state index contributed by atoms with van der Waals surface area (Å²) in [6.45, 7) is 4.60. The lowest BCUT2D eigenvalue weighted by Crippen LogP contribution is -2.27. The highest BCUT2D eigenvalue weighted by molar-refractivity contribution is 7.78. The summed E-state index contributed by atoms with van der Waals surface area (Å²) in [5.74, 6) is 0. The number of amides is 2. The Balaban J connectivity index is 2.62. The summed E-state index contributed by atoms with van der Waals surface area (Å²) in [4.78, 5) is 11.6. The Bertz CT molecular complexity index is 341. The number of rotatable bonds is 3. The fourth-order valence-electron chi connectivity index (χ4n) is 1.21. The van der Waals surface area contributed by atoms with Gasteiger partial charge in [-0.15, -0.1) is 0 Å². The first-order valence-electron chi connectivity index (χ1n) is 4.98. The summed E-state index contributed by atoms with van der Waals surface area (Å²) in [5.41, 5.74) is 1.88. The van der Waals surface area contributed by atoms with Gasteiger partial charge in [-0.25, -0.2) is 4.79 Å². The molecule has 1 rings (SSSR count). The molecule has 82 valence electrons. The number of nitrogens with one attached hydrogen (secondary N) is 1. The Morgan fingerprint density at radius 2 is 2.13 bits per heavy atom. The average Bonchev–Trinajstić information content (AvgIpc) is 2.21. The Morgan fingerprint density at radius 3 is 2.73 bits per heavy atom. The summed E-state index contributed by atoms with van der Waals surface area (Å²) in [6, 6.07) is 7.48. The molecule has 0 atom stereocenters. The van der Waals surface area contributed by atoms with Crippen molar-refractivity contribution in [2.75, 3.05) is 11.9 Å². The number of carbonyl (C=O) groups excluding carboxylic acids is 1. The number of urea groups is 1. The van der Waals surface area contributed by atoms with Crippen molar-refractivity contribution in [3.63, 3.8) is 0 Å². The molecule has 1 N–H and O–H groups in total. The van der Waals surface area contributed by atoms with E-state index in [0.29, 0.717) is 6.54 Å². The van der Waals surface area contributed by atoms with Crippen LogP contribution in [0.5, 0.6) is 0 Å². The Morgan fingerprint density at radius 1 is 1.47 bits per heavy atom. The highest BCUT2D eigenvalue weighted by Gasteiger charge is 2.09. The molecule has 0 aliphatic carbocycles. The molecular formula is C11H16N2OS. The van der Waals surface area contributed by atoms with Crippen LogP contribution in [0.1, 0.15) is 18.9 Å². The standard InChI is InChI=1S/C11H16N2OS/c1-3-8-13(15)11(14)12-10-7-5-4-6-9(10)2/h4-7,15H,3,8H2,1-2H3,(H,12,14). The maximum Gasteiger partial charge on any atom is 0.331 e. The topological polar surface area (TPSA) is 32.3 Å². The number of hydrogen-bond acceptors (Lipinski definition) is 2. The minimum Gasteiger partial charge on any atom is -0.307 e. The van der Waals surface area contributed by atoms with Crippen LogP contribution in [0.25, 0.3) is 0 Å². The second-order valence-electron chi connectivity index (χ2n) is 3.37. The molecule has 4 heteroatoms. The van der Waals surface area contributed by atoms with Gasteiger partial charge in [0.15, 0.2) is 0 Å². The number of para-hydroxylation sites is 1. The van der Waals surface area contributed by atoms with E-state index in [9.17, 15) is 4.79 Å². The fraction of sp³-hybridized carbons (Fsp3) is 0.364. The minimum absolute atomic E-state index is 0.186. The first-order valence-corrected chi connectivity index (χ1v) is 5.38. The van der Waals surface area contributed by atoms with E-state index in [4.69, 9.17) is 0 Å². The van der Waals surface area contributed by atoms with Gasteiger partial charge in [-0.1, -0.05) is 37.9 Å². The number of hydrogen-bond donors (Lipinski definition) is 2. The van der Waals surface area contributed by atoms with Gasteiger partial charge in [-0.2, -0.15) is 0 Å². The molecular weight excluding hydrogens is 208 g/mol. The lowest BCUT2D eigenvalue weighted by Gasteiger charge is -2.16. The molecule has 15 heavy (non-hydrogen) atoms. The van der Waals surface area contributed by atoms with Crippen molar-refractivity contribution in [1.82, 2.24) is 4.31 Å². The first-order chi connectivity index (χ1) is 7.15. The van der Waals surface area contributed by atoms with E-state index < -0.39 is 0 Å². The van der Waals surface area contributed by atoms with Crippen molar-refractivity contribution >= 4 is 24.5 Å². The van der Waals surface area contributed by atoms with E-state index in [2.05, 4.69) is 18.1 Å². The SMILES string of the molecule is CCCN(S)C(=O)Nc1ccccc1C. The second-order valence-corrected chi connectivity index (χ2v) is 3.85. The molecule has 1 aromatic rings. The molecule has 0 heterocycles.